The van der Waals surface area contributed by atoms with Crippen molar-refractivity contribution in [3.8, 4) is 0 Å². The number of carbonyl (C=O) groups is 2. The van der Waals surface area contributed by atoms with Crippen LogP contribution in [0.25, 0.3) is 0 Å². The van der Waals surface area contributed by atoms with Gasteiger partial charge in [0.05, 0.1) is 10.6 Å². The first-order valence-corrected chi connectivity index (χ1v) is 14.5. The van der Waals surface area contributed by atoms with Crippen LogP contribution in [-0.4, -0.2) is 43.8 Å². The molecule has 1 saturated carbocycles. The Morgan fingerprint density at radius 3 is 2.08 bits per heavy atom. The Kier molecular flexibility index (Phi) is 8.84. The van der Waals surface area contributed by atoms with Gasteiger partial charge in [0.15, 0.2) is 0 Å². The van der Waals surface area contributed by atoms with Gasteiger partial charge in [0, 0.05) is 12.6 Å². The normalized spacial score (nSPS) is 14.6. The Labute approximate surface area is 225 Å². The summed E-state index contributed by atoms with van der Waals surface area (Å²) in [7, 11) is -4.04. The predicted molar refractivity (Wildman–Crippen MR) is 149 cm³/mol. The first kappa shape index (κ1) is 27.4. The molecule has 0 unspecified atom stereocenters. The van der Waals surface area contributed by atoms with Crippen molar-refractivity contribution in [2.75, 3.05) is 10.8 Å². The van der Waals surface area contributed by atoms with Crippen LogP contribution in [0.5, 0.6) is 0 Å². The molecule has 38 heavy (non-hydrogen) atoms. The highest BCUT2D eigenvalue weighted by molar-refractivity contribution is 7.92. The summed E-state index contributed by atoms with van der Waals surface area (Å²) in [6, 6.07) is 23.7. The minimum atomic E-state index is -4.04. The standard InChI is InChI=1S/C30H35N3O4S/c1-23-17-19-25(20-18-23)21-32(24(2)30(35)31-26-11-9-10-12-26)29(34)22-33(27-13-5-3-6-14-27)38(36,37)28-15-7-4-8-16-28/h3-8,13-20,24,26H,9-12,21-22H2,1-2H3,(H,31,35)/t24-/m0/s1. The van der Waals surface area contributed by atoms with Gasteiger partial charge in [-0.05, 0) is 56.5 Å². The van der Waals surface area contributed by atoms with Crippen molar-refractivity contribution in [1.82, 2.24) is 10.2 Å². The number of nitrogens with zero attached hydrogens (tertiary/aromatic N) is 2. The number of nitrogens with one attached hydrogen (secondary N) is 1. The third-order valence-electron chi connectivity index (χ3n) is 7.00. The SMILES string of the molecule is Cc1ccc(CN(C(=O)CN(c2ccccc2)S(=O)(=O)c2ccccc2)[C@@H](C)C(=O)NC2CCCC2)cc1. The Balaban J connectivity index is 1.65. The number of aryl methyl sites for hydroxylation is 1. The van der Waals surface area contributed by atoms with E-state index in [2.05, 4.69) is 5.32 Å². The summed E-state index contributed by atoms with van der Waals surface area (Å²) in [5.41, 5.74) is 2.33. The first-order valence-electron chi connectivity index (χ1n) is 13.0. The second kappa shape index (κ2) is 12.3. The smallest absolute Gasteiger partial charge is 0.264 e. The van der Waals surface area contributed by atoms with Gasteiger partial charge in [-0.1, -0.05) is 79.1 Å². The number of hydrogen-bond donors (Lipinski definition) is 1. The van der Waals surface area contributed by atoms with Gasteiger partial charge >= 0.3 is 0 Å². The predicted octanol–water partition coefficient (Wildman–Crippen LogP) is 4.67. The molecule has 1 N–H and O–H groups in total. The van der Waals surface area contributed by atoms with Crippen LogP contribution in [0.4, 0.5) is 5.69 Å². The lowest BCUT2D eigenvalue weighted by atomic mass is 10.1. The minimum absolute atomic E-state index is 0.0914. The molecule has 3 aromatic carbocycles. The zero-order chi connectivity index (χ0) is 27.1. The van der Waals surface area contributed by atoms with Gasteiger partial charge in [-0.15, -0.1) is 0 Å². The molecule has 0 spiro atoms. The monoisotopic (exact) mass is 533 g/mol. The second-order valence-corrected chi connectivity index (χ2v) is 11.7. The number of sulfonamides is 1. The van der Waals surface area contributed by atoms with Crippen LogP contribution < -0.4 is 9.62 Å². The lowest BCUT2D eigenvalue weighted by Crippen LogP contribution is -2.52. The topological polar surface area (TPSA) is 86.8 Å². The molecule has 2 amide bonds. The molecular weight excluding hydrogens is 498 g/mol. The number of hydrogen-bond acceptors (Lipinski definition) is 4. The maximum atomic E-state index is 13.9. The van der Waals surface area contributed by atoms with Gasteiger partial charge in [-0.2, -0.15) is 0 Å². The summed E-state index contributed by atoms with van der Waals surface area (Å²) < 4.78 is 28.5. The fourth-order valence-electron chi connectivity index (χ4n) is 4.71. The van der Waals surface area contributed by atoms with Gasteiger partial charge in [0.2, 0.25) is 11.8 Å². The molecule has 0 aliphatic heterocycles. The molecule has 0 heterocycles. The average Bonchev–Trinajstić information content (AvgIpc) is 3.45. The van der Waals surface area contributed by atoms with E-state index >= 15 is 0 Å². The molecule has 0 saturated heterocycles. The number of benzene rings is 3. The van der Waals surface area contributed by atoms with Crippen LogP contribution in [0.1, 0.15) is 43.7 Å². The molecule has 3 aromatic rings. The van der Waals surface area contributed by atoms with Gasteiger partial charge in [0.25, 0.3) is 10.0 Å². The molecule has 1 aliphatic carbocycles. The van der Waals surface area contributed by atoms with Crippen molar-refractivity contribution in [2.45, 2.75) is 63.1 Å². The highest BCUT2D eigenvalue weighted by Gasteiger charge is 2.33. The summed E-state index contributed by atoms with van der Waals surface area (Å²) in [4.78, 5) is 28.7. The number of carbonyl (C=O) groups excluding carboxylic acids is 2. The van der Waals surface area contributed by atoms with Crippen LogP contribution in [0.15, 0.2) is 89.8 Å². The number of amides is 2. The van der Waals surface area contributed by atoms with Gasteiger partial charge in [0.1, 0.15) is 12.6 Å². The molecule has 4 rings (SSSR count). The van der Waals surface area contributed by atoms with Gasteiger partial charge in [-0.25, -0.2) is 8.42 Å². The fourth-order valence-corrected chi connectivity index (χ4v) is 6.14. The van der Waals surface area contributed by atoms with Gasteiger partial charge in [-0.3, -0.25) is 13.9 Å². The molecule has 7 nitrogen and oxygen atoms in total. The minimum Gasteiger partial charge on any atom is -0.352 e. The average molecular weight is 534 g/mol. The Bertz CT molecular complexity index is 1320. The zero-order valence-electron chi connectivity index (χ0n) is 21.9. The largest absolute Gasteiger partial charge is 0.352 e. The van der Waals surface area contributed by atoms with Crippen molar-refractivity contribution in [3.63, 3.8) is 0 Å². The molecule has 1 atom stereocenters. The van der Waals surface area contributed by atoms with Crippen LogP contribution in [0.3, 0.4) is 0 Å². The van der Waals surface area contributed by atoms with E-state index in [1.807, 2.05) is 31.2 Å². The number of para-hydroxylation sites is 1. The van der Waals surface area contributed by atoms with Gasteiger partial charge < -0.3 is 10.2 Å². The van der Waals surface area contributed by atoms with E-state index in [1.165, 1.54) is 17.0 Å². The van der Waals surface area contributed by atoms with Crippen molar-refractivity contribution in [2.24, 2.45) is 0 Å². The summed E-state index contributed by atoms with van der Waals surface area (Å²) >= 11 is 0. The van der Waals surface area contributed by atoms with E-state index < -0.39 is 28.5 Å². The summed E-state index contributed by atoms with van der Waals surface area (Å²) in [6.07, 6.45) is 4.02. The molecule has 8 heteroatoms. The molecule has 1 aliphatic rings. The van der Waals surface area contributed by atoms with Crippen LogP contribution in [0, 0.1) is 6.92 Å². The summed E-state index contributed by atoms with van der Waals surface area (Å²) in [6.45, 7) is 3.44. The van der Waals surface area contributed by atoms with E-state index in [0.717, 1.165) is 41.1 Å². The lowest BCUT2D eigenvalue weighted by molar-refractivity contribution is -0.139. The number of anilines is 1. The highest BCUT2D eigenvalue weighted by Crippen LogP contribution is 2.24. The van der Waals surface area contributed by atoms with E-state index in [-0.39, 0.29) is 23.4 Å². The van der Waals surface area contributed by atoms with Crippen molar-refractivity contribution < 1.29 is 18.0 Å². The van der Waals surface area contributed by atoms with Crippen molar-refractivity contribution in [1.29, 1.82) is 0 Å². The van der Waals surface area contributed by atoms with Crippen LogP contribution >= 0.6 is 0 Å². The molecular formula is C30H35N3O4S. The summed E-state index contributed by atoms with van der Waals surface area (Å²) in [5, 5.41) is 3.09. The first-order chi connectivity index (χ1) is 18.3. The van der Waals surface area contributed by atoms with Crippen LogP contribution in [-0.2, 0) is 26.2 Å². The molecule has 0 bridgehead atoms. The Morgan fingerprint density at radius 1 is 0.895 bits per heavy atom. The lowest BCUT2D eigenvalue weighted by Gasteiger charge is -2.32. The van der Waals surface area contributed by atoms with Crippen molar-refractivity contribution in [3.05, 3.63) is 96.1 Å². The fraction of sp³-hybridized carbons (Fsp3) is 0.333. The maximum absolute atomic E-state index is 13.9. The molecule has 1 fully saturated rings. The van der Waals surface area contributed by atoms with E-state index in [1.54, 1.807) is 55.5 Å². The Morgan fingerprint density at radius 2 is 1.47 bits per heavy atom. The molecule has 200 valence electrons. The third-order valence-corrected chi connectivity index (χ3v) is 8.78. The summed E-state index contributed by atoms with van der Waals surface area (Å²) in [5.74, 6) is -0.683. The van der Waals surface area contributed by atoms with E-state index in [9.17, 15) is 18.0 Å². The van der Waals surface area contributed by atoms with E-state index in [4.69, 9.17) is 0 Å². The third kappa shape index (κ3) is 6.61. The molecule has 0 aromatic heterocycles. The zero-order valence-corrected chi connectivity index (χ0v) is 22.7. The highest BCUT2D eigenvalue weighted by atomic mass is 32.2. The number of rotatable bonds is 10. The molecule has 0 radical (unpaired) electrons. The van der Waals surface area contributed by atoms with Crippen molar-refractivity contribution >= 4 is 27.5 Å². The van der Waals surface area contributed by atoms with Crippen LogP contribution in [0.2, 0.25) is 0 Å². The maximum Gasteiger partial charge on any atom is 0.264 e. The second-order valence-electron chi connectivity index (χ2n) is 9.83. The quantitative estimate of drug-likeness (QED) is 0.411. The Hall–Kier alpha value is -3.65. The van der Waals surface area contributed by atoms with E-state index in [0.29, 0.717) is 5.69 Å².